The van der Waals surface area contributed by atoms with Gasteiger partial charge in [-0.3, -0.25) is 4.72 Å². The smallest absolute Gasteiger partial charge is 0.261 e. The summed E-state index contributed by atoms with van der Waals surface area (Å²) in [4.78, 5) is 4.63. The fourth-order valence-corrected chi connectivity index (χ4v) is 4.23. The van der Waals surface area contributed by atoms with Crippen molar-refractivity contribution < 1.29 is 13.2 Å². The minimum Gasteiger partial charge on any atom is -0.496 e. The Bertz CT molecular complexity index is 1010. The molecule has 1 N–H and O–H groups in total. The van der Waals surface area contributed by atoms with E-state index >= 15 is 0 Å². The molecule has 25 heavy (non-hydrogen) atoms. The molecule has 0 saturated carbocycles. The van der Waals surface area contributed by atoms with E-state index in [-0.39, 0.29) is 4.90 Å². The quantitative estimate of drug-likeness (QED) is 0.725. The molecule has 0 radical (unpaired) electrons. The topological polar surface area (TPSA) is 68.3 Å². The van der Waals surface area contributed by atoms with Gasteiger partial charge in [-0.05, 0) is 49.7 Å². The highest BCUT2D eigenvalue weighted by molar-refractivity contribution is 7.92. The van der Waals surface area contributed by atoms with Gasteiger partial charge in [0.1, 0.15) is 5.75 Å². The number of nitrogens with one attached hydrogen (secondary N) is 1. The van der Waals surface area contributed by atoms with Gasteiger partial charge in [-0.2, -0.15) is 0 Å². The number of thiazole rings is 1. The van der Waals surface area contributed by atoms with E-state index < -0.39 is 10.0 Å². The first-order valence-electron chi connectivity index (χ1n) is 7.59. The Morgan fingerprint density at radius 2 is 1.92 bits per heavy atom. The standard InChI is InChI=1S/C18H18N2O3S2/c1-12-9-16(7-8-18(12)23-3)25(21,22)20-15-6-4-5-14(10-15)17-11-24-13(2)19-17/h4-11,20H,1-3H3. The number of nitrogens with zero attached hydrogens (tertiary/aromatic N) is 1. The number of methoxy groups -OCH3 is 1. The maximum absolute atomic E-state index is 12.6. The fraction of sp³-hybridized carbons (Fsp3) is 0.167. The van der Waals surface area contributed by atoms with E-state index in [0.717, 1.165) is 21.8 Å². The molecule has 0 amide bonds. The normalized spacial score (nSPS) is 11.3. The van der Waals surface area contributed by atoms with Crippen LogP contribution < -0.4 is 9.46 Å². The van der Waals surface area contributed by atoms with Crippen LogP contribution in [-0.4, -0.2) is 20.5 Å². The Morgan fingerprint density at radius 1 is 1.12 bits per heavy atom. The van der Waals surface area contributed by atoms with E-state index in [2.05, 4.69) is 9.71 Å². The first-order valence-corrected chi connectivity index (χ1v) is 9.95. The zero-order chi connectivity index (χ0) is 18.0. The molecule has 2 aromatic carbocycles. The number of anilines is 1. The van der Waals surface area contributed by atoms with Crippen LogP contribution in [0, 0.1) is 13.8 Å². The maximum Gasteiger partial charge on any atom is 0.261 e. The molecule has 130 valence electrons. The molecule has 3 rings (SSSR count). The molecule has 0 spiro atoms. The molecule has 1 aromatic heterocycles. The average molecular weight is 374 g/mol. The van der Waals surface area contributed by atoms with E-state index in [1.165, 1.54) is 6.07 Å². The molecule has 0 aliphatic carbocycles. The molecule has 5 nitrogen and oxygen atoms in total. The lowest BCUT2D eigenvalue weighted by Crippen LogP contribution is -2.13. The molecule has 3 aromatic rings. The fourth-order valence-electron chi connectivity index (χ4n) is 2.47. The van der Waals surface area contributed by atoms with Gasteiger partial charge in [0.2, 0.25) is 0 Å². The lowest BCUT2D eigenvalue weighted by Gasteiger charge is -2.11. The van der Waals surface area contributed by atoms with Gasteiger partial charge in [0.15, 0.2) is 0 Å². The predicted molar refractivity (Wildman–Crippen MR) is 101 cm³/mol. The largest absolute Gasteiger partial charge is 0.496 e. The van der Waals surface area contributed by atoms with E-state index in [4.69, 9.17) is 4.74 Å². The van der Waals surface area contributed by atoms with E-state index in [9.17, 15) is 8.42 Å². The van der Waals surface area contributed by atoms with Crippen molar-refractivity contribution in [2.45, 2.75) is 18.7 Å². The summed E-state index contributed by atoms with van der Waals surface area (Å²) in [7, 11) is -2.12. The van der Waals surface area contributed by atoms with Gasteiger partial charge < -0.3 is 4.74 Å². The number of hydrogen-bond acceptors (Lipinski definition) is 5. The monoisotopic (exact) mass is 374 g/mol. The Hall–Kier alpha value is -2.38. The SMILES string of the molecule is COc1ccc(S(=O)(=O)Nc2cccc(-c3csc(C)n3)c2)cc1C. The number of benzene rings is 2. The summed E-state index contributed by atoms with van der Waals surface area (Å²) >= 11 is 1.56. The second-order valence-corrected chi connectivity index (χ2v) is 8.31. The summed E-state index contributed by atoms with van der Waals surface area (Å²) in [6.07, 6.45) is 0. The molecule has 7 heteroatoms. The van der Waals surface area contributed by atoms with Crippen LogP contribution in [0.3, 0.4) is 0 Å². The van der Waals surface area contributed by atoms with Crippen LogP contribution in [-0.2, 0) is 10.0 Å². The molecule has 0 unspecified atom stereocenters. The Labute approximate surface area is 151 Å². The first kappa shape index (κ1) is 17.4. The van der Waals surface area contributed by atoms with Gasteiger partial charge in [0.25, 0.3) is 10.0 Å². The molecule has 0 atom stereocenters. The molecular formula is C18H18N2O3S2. The Kier molecular flexibility index (Phi) is 4.78. The third-order valence-electron chi connectivity index (χ3n) is 3.71. The third kappa shape index (κ3) is 3.83. The number of sulfonamides is 1. The van der Waals surface area contributed by atoms with Gasteiger partial charge in [0, 0.05) is 16.6 Å². The van der Waals surface area contributed by atoms with Gasteiger partial charge >= 0.3 is 0 Å². The van der Waals surface area contributed by atoms with Crippen LogP contribution in [0.15, 0.2) is 52.7 Å². The zero-order valence-corrected chi connectivity index (χ0v) is 15.7. The van der Waals surface area contributed by atoms with Crippen LogP contribution in [0.1, 0.15) is 10.6 Å². The van der Waals surface area contributed by atoms with Crippen molar-refractivity contribution in [3.8, 4) is 17.0 Å². The Morgan fingerprint density at radius 3 is 2.56 bits per heavy atom. The van der Waals surface area contributed by atoms with E-state index in [1.807, 2.05) is 25.3 Å². The number of ether oxygens (including phenoxy) is 1. The molecule has 0 aliphatic rings. The number of aromatic nitrogens is 1. The number of rotatable bonds is 5. The maximum atomic E-state index is 12.6. The minimum absolute atomic E-state index is 0.195. The van der Waals surface area contributed by atoms with Crippen molar-refractivity contribution in [2.24, 2.45) is 0 Å². The number of aryl methyl sites for hydroxylation is 2. The summed E-state index contributed by atoms with van der Waals surface area (Å²) in [5.41, 5.74) is 2.97. The van der Waals surface area contributed by atoms with Crippen LogP contribution in [0.25, 0.3) is 11.3 Å². The lowest BCUT2D eigenvalue weighted by atomic mass is 10.1. The van der Waals surface area contributed by atoms with Gasteiger partial charge in [0.05, 0.1) is 22.7 Å². The molecule has 0 fully saturated rings. The van der Waals surface area contributed by atoms with Gasteiger partial charge in [-0.1, -0.05) is 12.1 Å². The van der Waals surface area contributed by atoms with Crippen LogP contribution in [0.5, 0.6) is 5.75 Å². The molecule has 0 saturated heterocycles. The second-order valence-electron chi connectivity index (χ2n) is 5.57. The summed E-state index contributed by atoms with van der Waals surface area (Å²) in [6, 6.07) is 12.0. The van der Waals surface area contributed by atoms with Crippen LogP contribution in [0.2, 0.25) is 0 Å². The average Bonchev–Trinajstić information content (AvgIpc) is 3.01. The first-order chi connectivity index (χ1) is 11.9. The van der Waals surface area contributed by atoms with Crippen molar-refractivity contribution in [1.82, 2.24) is 4.98 Å². The molecular weight excluding hydrogens is 356 g/mol. The highest BCUT2D eigenvalue weighted by Crippen LogP contribution is 2.27. The molecule has 0 bridgehead atoms. The van der Waals surface area contributed by atoms with Crippen LogP contribution >= 0.6 is 11.3 Å². The highest BCUT2D eigenvalue weighted by atomic mass is 32.2. The van der Waals surface area contributed by atoms with E-state index in [1.54, 1.807) is 48.8 Å². The summed E-state index contributed by atoms with van der Waals surface area (Å²) in [6.45, 7) is 3.75. The summed E-state index contributed by atoms with van der Waals surface area (Å²) < 4.78 is 33.1. The second kappa shape index (κ2) is 6.85. The van der Waals surface area contributed by atoms with Gasteiger partial charge in [-0.25, -0.2) is 13.4 Å². The summed E-state index contributed by atoms with van der Waals surface area (Å²) in [5.74, 6) is 0.653. The predicted octanol–water partition coefficient (Wildman–Crippen LogP) is 4.24. The summed E-state index contributed by atoms with van der Waals surface area (Å²) in [5, 5.41) is 2.92. The minimum atomic E-state index is -3.68. The van der Waals surface area contributed by atoms with Gasteiger partial charge in [-0.15, -0.1) is 11.3 Å². The lowest BCUT2D eigenvalue weighted by molar-refractivity contribution is 0.411. The van der Waals surface area contributed by atoms with Crippen molar-refractivity contribution in [3.05, 3.63) is 58.4 Å². The Balaban J connectivity index is 1.89. The zero-order valence-electron chi connectivity index (χ0n) is 14.1. The van der Waals surface area contributed by atoms with Crippen LogP contribution in [0.4, 0.5) is 5.69 Å². The molecule has 1 heterocycles. The highest BCUT2D eigenvalue weighted by Gasteiger charge is 2.16. The van der Waals surface area contributed by atoms with Crippen molar-refractivity contribution in [1.29, 1.82) is 0 Å². The third-order valence-corrected chi connectivity index (χ3v) is 5.86. The van der Waals surface area contributed by atoms with Crippen molar-refractivity contribution in [2.75, 3.05) is 11.8 Å². The van der Waals surface area contributed by atoms with E-state index in [0.29, 0.717) is 11.4 Å². The van der Waals surface area contributed by atoms with Crippen molar-refractivity contribution >= 4 is 27.0 Å². The van der Waals surface area contributed by atoms with Crippen molar-refractivity contribution in [3.63, 3.8) is 0 Å². The number of hydrogen-bond donors (Lipinski definition) is 1. The molecule has 0 aliphatic heterocycles.